The minimum Gasteiger partial charge on any atom is -0.490 e. The van der Waals surface area contributed by atoms with E-state index >= 15 is 0 Å². The number of carbonyl (C=O) groups is 2. The van der Waals surface area contributed by atoms with Crippen LogP contribution in [0.25, 0.3) is 0 Å². The molecule has 0 radical (unpaired) electrons. The second-order valence-corrected chi connectivity index (χ2v) is 10.4. The van der Waals surface area contributed by atoms with E-state index in [1.165, 1.54) is 19.2 Å². The number of amides is 2. The number of amidine groups is 1. The van der Waals surface area contributed by atoms with Crippen LogP contribution in [0, 0.1) is 5.41 Å². The first-order valence-electron chi connectivity index (χ1n) is 10.5. The number of hydroxylamine groups is 2. The molecule has 17 heteroatoms. The number of oxime groups is 1. The second kappa shape index (κ2) is 11.1. The predicted molar refractivity (Wildman–Crippen MR) is 132 cm³/mol. The van der Waals surface area contributed by atoms with Crippen molar-refractivity contribution in [3.05, 3.63) is 40.9 Å². The molecule has 0 saturated carbocycles. The van der Waals surface area contributed by atoms with Crippen LogP contribution in [-0.2, 0) is 29.4 Å². The summed E-state index contributed by atoms with van der Waals surface area (Å²) in [5.41, 5.74) is 10.4. The molecule has 7 N–H and O–H groups in total. The van der Waals surface area contributed by atoms with Crippen LogP contribution in [0.1, 0.15) is 25.1 Å². The number of rotatable bonds is 12. The van der Waals surface area contributed by atoms with Crippen LogP contribution < -0.4 is 21.5 Å². The van der Waals surface area contributed by atoms with E-state index in [1.807, 2.05) is 0 Å². The van der Waals surface area contributed by atoms with Gasteiger partial charge in [-0.3, -0.25) is 24.4 Å². The van der Waals surface area contributed by atoms with Gasteiger partial charge in [-0.15, -0.1) is 11.3 Å². The fraction of sp³-hybridized carbons (Fsp3) is 0.350. The van der Waals surface area contributed by atoms with E-state index in [0.29, 0.717) is 11.3 Å². The number of nitrogens with zero attached hydrogens (tertiary/aromatic N) is 3. The van der Waals surface area contributed by atoms with Gasteiger partial charge in [-0.1, -0.05) is 5.16 Å². The Morgan fingerprint density at radius 1 is 1.32 bits per heavy atom. The Morgan fingerprint density at radius 3 is 2.54 bits per heavy atom. The summed E-state index contributed by atoms with van der Waals surface area (Å²) >= 11 is 1.07. The molecule has 1 atom stereocenters. The van der Waals surface area contributed by atoms with E-state index in [9.17, 15) is 18.0 Å². The molecule has 1 aliphatic heterocycles. The van der Waals surface area contributed by atoms with E-state index in [2.05, 4.69) is 15.5 Å². The lowest BCUT2D eigenvalue weighted by atomic mass is 9.84. The summed E-state index contributed by atoms with van der Waals surface area (Å²) < 4.78 is 36.2. The Hall–Kier alpha value is -3.80. The van der Waals surface area contributed by atoms with Gasteiger partial charge in [-0.2, -0.15) is 8.42 Å². The van der Waals surface area contributed by atoms with E-state index in [0.717, 1.165) is 16.4 Å². The molecule has 1 aromatic carbocycles. The van der Waals surface area contributed by atoms with Crippen molar-refractivity contribution in [3.63, 3.8) is 0 Å². The number of carbonyl (C=O) groups excluding carboxylic acids is 2. The van der Waals surface area contributed by atoms with E-state index in [1.54, 1.807) is 24.3 Å². The highest BCUT2D eigenvalue weighted by atomic mass is 32.2. The molecule has 1 fully saturated rings. The molecule has 2 heterocycles. The highest BCUT2D eigenvalue weighted by molar-refractivity contribution is 7.85. The lowest BCUT2D eigenvalue weighted by Crippen LogP contribution is -2.76. The summed E-state index contributed by atoms with van der Waals surface area (Å²) in [5.74, 6) is -2.21. The van der Waals surface area contributed by atoms with Crippen molar-refractivity contribution in [2.75, 3.05) is 24.9 Å². The van der Waals surface area contributed by atoms with Crippen molar-refractivity contribution in [2.24, 2.45) is 10.9 Å². The SMILES string of the molecule is CC1(C)[C@H](NC(=O)/C(=N\OCCOc2ccc(C(=N)N)cc2)c2csc(N)n2)C(=O)N1OCS(=O)(=O)O. The fourth-order valence-corrected chi connectivity index (χ4v) is 3.97. The highest BCUT2D eigenvalue weighted by Gasteiger charge is 2.57. The van der Waals surface area contributed by atoms with Crippen LogP contribution in [0.3, 0.4) is 0 Å². The molecular weight excluding hydrogens is 530 g/mol. The Balaban J connectivity index is 1.62. The molecule has 2 aromatic rings. The van der Waals surface area contributed by atoms with Crippen LogP contribution in [-0.4, -0.2) is 77.1 Å². The van der Waals surface area contributed by atoms with Gasteiger partial charge in [0.05, 0.1) is 5.54 Å². The third-order valence-electron chi connectivity index (χ3n) is 5.03. The largest absolute Gasteiger partial charge is 0.490 e. The number of β-lactam (4-membered cyclic amide) rings is 1. The van der Waals surface area contributed by atoms with E-state index in [-0.39, 0.29) is 35.6 Å². The summed E-state index contributed by atoms with van der Waals surface area (Å²) in [6.45, 7) is 3.08. The monoisotopic (exact) mass is 555 g/mol. The molecule has 37 heavy (non-hydrogen) atoms. The smallest absolute Gasteiger partial charge is 0.292 e. The van der Waals surface area contributed by atoms with Crippen LogP contribution in [0.15, 0.2) is 34.8 Å². The van der Waals surface area contributed by atoms with Crippen molar-refractivity contribution in [2.45, 2.75) is 25.4 Å². The zero-order chi connectivity index (χ0) is 27.4. The van der Waals surface area contributed by atoms with E-state index in [4.69, 9.17) is 35.8 Å². The average molecular weight is 556 g/mol. The van der Waals surface area contributed by atoms with Crippen molar-refractivity contribution < 1.29 is 37.0 Å². The first-order valence-corrected chi connectivity index (χ1v) is 13.0. The standard InChI is InChI=1S/C20H25N7O8S2/c1-20(2)15(18(29)27(20)35-10-37(30,31)32)25-17(28)14(13-9-36-19(23)24-13)26-34-8-7-33-12-5-3-11(4-6-12)16(21)22/h3-6,9,15H,7-8,10H2,1-2H3,(H3,21,22)(H2,23,24)(H,25,28)(H,30,31,32)/b26-14-/t15-/m1/s1. The minimum absolute atomic E-state index is 0.0457. The third kappa shape index (κ3) is 6.91. The van der Waals surface area contributed by atoms with Crippen molar-refractivity contribution in [1.29, 1.82) is 5.41 Å². The molecule has 0 unspecified atom stereocenters. The van der Waals surface area contributed by atoms with Crippen molar-refractivity contribution >= 4 is 49.9 Å². The zero-order valence-electron chi connectivity index (χ0n) is 19.7. The summed E-state index contributed by atoms with van der Waals surface area (Å²) in [6, 6.07) is 5.44. The highest BCUT2D eigenvalue weighted by Crippen LogP contribution is 2.32. The molecule has 200 valence electrons. The number of nitrogens with one attached hydrogen (secondary N) is 2. The van der Waals surface area contributed by atoms with Crippen LogP contribution in [0.2, 0.25) is 0 Å². The maximum absolute atomic E-state index is 13.0. The van der Waals surface area contributed by atoms with Gasteiger partial charge in [0.25, 0.3) is 21.9 Å². The molecule has 0 aliphatic carbocycles. The molecular formula is C20H25N7O8S2. The third-order valence-corrected chi connectivity index (χ3v) is 6.10. The second-order valence-electron chi connectivity index (χ2n) is 8.15. The number of hydrogen-bond donors (Lipinski definition) is 5. The molecule has 1 aliphatic rings. The van der Waals surface area contributed by atoms with Crippen LogP contribution >= 0.6 is 11.3 Å². The summed E-state index contributed by atoms with van der Waals surface area (Å²) in [4.78, 5) is 39.6. The van der Waals surface area contributed by atoms with Crippen LogP contribution in [0.4, 0.5) is 5.13 Å². The fourth-order valence-electron chi connectivity index (χ4n) is 3.18. The van der Waals surface area contributed by atoms with Crippen molar-refractivity contribution in [1.82, 2.24) is 15.4 Å². The first kappa shape index (κ1) is 27.8. The molecule has 2 amide bonds. The molecule has 1 saturated heterocycles. The van der Waals surface area contributed by atoms with Gasteiger partial charge in [0, 0.05) is 10.9 Å². The minimum atomic E-state index is -4.48. The van der Waals surface area contributed by atoms with Crippen LogP contribution in [0.5, 0.6) is 5.75 Å². The number of thiazole rings is 1. The number of benzene rings is 1. The maximum atomic E-state index is 13.0. The van der Waals surface area contributed by atoms with Gasteiger partial charge in [0.2, 0.25) is 5.94 Å². The molecule has 15 nitrogen and oxygen atoms in total. The Bertz CT molecular complexity index is 1310. The lowest BCUT2D eigenvalue weighted by molar-refractivity contribution is -0.249. The predicted octanol–water partition coefficient (Wildman–Crippen LogP) is -0.308. The number of aromatic nitrogens is 1. The number of hydrogen-bond acceptors (Lipinski definition) is 12. The number of ether oxygens (including phenoxy) is 1. The molecule has 0 spiro atoms. The molecule has 1 aromatic heterocycles. The molecule has 0 bridgehead atoms. The van der Waals surface area contributed by atoms with E-state index < -0.39 is 39.5 Å². The Kier molecular flexibility index (Phi) is 8.32. The van der Waals surface area contributed by atoms with Crippen molar-refractivity contribution in [3.8, 4) is 5.75 Å². The quantitative estimate of drug-likeness (QED) is 0.0569. The number of nitrogens with two attached hydrogens (primary N) is 2. The zero-order valence-corrected chi connectivity index (χ0v) is 21.3. The first-order chi connectivity index (χ1) is 17.3. The van der Waals surface area contributed by atoms with Gasteiger partial charge >= 0.3 is 0 Å². The number of nitrogen functional groups attached to an aromatic ring is 2. The number of anilines is 1. The Morgan fingerprint density at radius 2 is 2.00 bits per heavy atom. The summed E-state index contributed by atoms with van der Waals surface area (Å²) in [5, 5.41) is 16.2. The maximum Gasteiger partial charge on any atom is 0.292 e. The van der Waals surface area contributed by atoms with Gasteiger partial charge < -0.3 is 26.4 Å². The lowest BCUT2D eigenvalue weighted by Gasteiger charge is -2.51. The van der Waals surface area contributed by atoms with Gasteiger partial charge in [-0.05, 0) is 38.1 Å². The van der Waals surface area contributed by atoms with Gasteiger partial charge in [0.15, 0.2) is 17.5 Å². The molecule has 3 rings (SSSR count). The normalized spacial score (nSPS) is 17.2. The topological polar surface area (TPSA) is 233 Å². The average Bonchev–Trinajstić information content (AvgIpc) is 3.24. The van der Waals surface area contributed by atoms with Gasteiger partial charge in [-0.25, -0.2) is 10.0 Å². The van der Waals surface area contributed by atoms with Gasteiger partial charge in [0.1, 0.15) is 29.9 Å². The summed E-state index contributed by atoms with van der Waals surface area (Å²) in [6.07, 6.45) is 0. The Labute approximate surface area is 215 Å². The summed E-state index contributed by atoms with van der Waals surface area (Å²) in [7, 11) is -4.48.